The second-order valence-corrected chi connectivity index (χ2v) is 6.73. The van der Waals surface area contributed by atoms with E-state index in [-0.39, 0.29) is 17.0 Å². The Kier molecular flexibility index (Phi) is 4.73. The van der Waals surface area contributed by atoms with Crippen molar-refractivity contribution in [3.63, 3.8) is 0 Å². The molecule has 112 valence electrons. The smallest absolute Gasteiger partial charge is 0.399 e. The summed E-state index contributed by atoms with van der Waals surface area (Å²) >= 11 is 3.24. The SMILES string of the molecule is Nc1ccc(CS(=O)c2cccc(Br)c2)c(C(F)(F)F)c1. The first-order chi connectivity index (χ1) is 9.77. The zero-order valence-electron chi connectivity index (χ0n) is 10.7. The number of nitrogens with two attached hydrogens (primary N) is 1. The van der Waals surface area contributed by atoms with E-state index in [1.807, 2.05) is 0 Å². The van der Waals surface area contributed by atoms with Crippen molar-refractivity contribution in [2.24, 2.45) is 0 Å². The molecule has 1 atom stereocenters. The lowest BCUT2D eigenvalue weighted by Gasteiger charge is -2.13. The molecular formula is C14H11BrF3NOS. The van der Waals surface area contributed by atoms with E-state index in [9.17, 15) is 17.4 Å². The van der Waals surface area contributed by atoms with Crippen LogP contribution in [-0.4, -0.2) is 4.21 Å². The maximum absolute atomic E-state index is 13.0. The lowest BCUT2D eigenvalue weighted by Crippen LogP contribution is -2.11. The molecule has 0 heterocycles. The first-order valence-electron chi connectivity index (χ1n) is 5.87. The van der Waals surface area contributed by atoms with Gasteiger partial charge in [-0.3, -0.25) is 4.21 Å². The van der Waals surface area contributed by atoms with Crippen molar-refractivity contribution in [3.8, 4) is 0 Å². The molecule has 0 saturated heterocycles. The van der Waals surface area contributed by atoms with Crippen molar-refractivity contribution in [2.75, 3.05) is 5.73 Å². The van der Waals surface area contributed by atoms with Gasteiger partial charge in [0.25, 0.3) is 0 Å². The first-order valence-corrected chi connectivity index (χ1v) is 7.98. The summed E-state index contributed by atoms with van der Waals surface area (Å²) in [5.74, 6) is -0.217. The normalized spacial score (nSPS) is 13.1. The molecule has 0 saturated carbocycles. The Bertz CT molecular complexity index is 688. The lowest BCUT2D eigenvalue weighted by atomic mass is 10.1. The largest absolute Gasteiger partial charge is 0.416 e. The van der Waals surface area contributed by atoms with Gasteiger partial charge in [0.2, 0.25) is 0 Å². The fraction of sp³-hybridized carbons (Fsp3) is 0.143. The summed E-state index contributed by atoms with van der Waals surface area (Å²) in [5, 5.41) is 0. The van der Waals surface area contributed by atoms with Gasteiger partial charge in [0.05, 0.1) is 22.1 Å². The topological polar surface area (TPSA) is 43.1 Å². The summed E-state index contributed by atoms with van der Waals surface area (Å²) < 4.78 is 51.9. The van der Waals surface area contributed by atoms with Gasteiger partial charge in [-0.05, 0) is 35.9 Å². The predicted molar refractivity (Wildman–Crippen MR) is 80.1 cm³/mol. The third-order valence-corrected chi connectivity index (χ3v) is 4.63. The number of hydrogen-bond donors (Lipinski definition) is 1. The van der Waals surface area contributed by atoms with Gasteiger partial charge in [-0.2, -0.15) is 13.2 Å². The van der Waals surface area contributed by atoms with Gasteiger partial charge in [-0.1, -0.05) is 28.1 Å². The van der Waals surface area contributed by atoms with E-state index in [1.165, 1.54) is 12.1 Å². The lowest BCUT2D eigenvalue weighted by molar-refractivity contribution is -0.138. The van der Waals surface area contributed by atoms with E-state index in [0.717, 1.165) is 10.5 Å². The number of hydrogen-bond acceptors (Lipinski definition) is 2. The Morgan fingerprint density at radius 1 is 1.14 bits per heavy atom. The van der Waals surface area contributed by atoms with Crippen molar-refractivity contribution < 1.29 is 17.4 Å². The molecule has 0 aliphatic carbocycles. The maximum atomic E-state index is 13.0. The number of benzene rings is 2. The number of halogens is 4. The summed E-state index contributed by atoms with van der Waals surface area (Å²) in [6.45, 7) is 0. The second kappa shape index (κ2) is 6.19. The minimum Gasteiger partial charge on any atom is -0.399 e. The Hall–Kier alpha value is -1.34. The Balaban J connectivity index is 2.34. The zero-order valence-corrected chi connectivity index (χ0v) is 13.1. The fourth-order valence-electron chi connectivity index (χ4n) is 1.82. The van der Waals surface area contributed by atoms with E-state index < -0.39 is 22.5 Å². The number of rotatable bonds is 3. The third-order valence-electron chi connectivity index (χ3n) is 2.78. The Morgan fingerprint density at radius 2 is 1.86 bits per heavy atom. The van der Waals surface area contributed by atoms with Crippen molar-refractivity contribution in [1.29, 1.82) is 0 Å². The summed E-state index contributed by atoms with van der Waals surface area (Å²) in [5.41, 5.74) is 4.56. The molecule has 0 aromatic heterocycles. The van der Waals surface area contributed by atoms with Crippen LogP contribution in [0.2, 0.25) is 0 Å². The predicted octanol–water partition coefficient (Wildman–Crippen LogP) is 4.36. The third kappa shape index (κ3) is 4.07. The highest BCUT2D eigenvalue weighted by Gasteiger charge is 2.33. The molecule has 0 radical (unpaired) electrons. The van der Waals surface area contributed by atoms with Gasteiger partial charge >= 0.3 is 6.18 Å². The van der Waals surface area contributed by atoms with Crippen LogP contribution in [0.4, 0.5) is 18.9 Å². The van der Waals surface area contributed by atoms with Crippen LogP contribution in [0, 0.1) is 0 Å². The summed E-state index contributed by atoms with van der Waals surface area (Å²) in [7, 11) is -1.57. The Morgan fingerprint density at radius 3 is 2.48 bits per heavy atom. The molecule has 2 N–H and O–H groups in total. The van der Waals surface area contributed by atoms with Gasteiger partial charge in [0.15, 0.2) is 0 Å². The minimum absolute atomic E-state index is 0.0271. The molecule has 0 fully saturated rings. The van der Waals surface area contributed by atoms with Crippen LogP contribution in [0.25, 0.3) is 0 Å². The molecule has 2 aromatic rings. The molecule has 2 aromatic carbocycles. The van der Waals surface area contributed by atoms with Gasteiger partial charge in [-0.25, -0.2) is 0 Å². The average molecular weight is 378 g/mol. The summed E-state index contributed by atoms with van der Waals surface area (Å²) in [6, 6.07) is 10.2. The highest BCUT2D eigenvalue weighted by molar-refractivity contribution is 9.10. The summed E-state index contributed by atoms with van der Waals surface area (Å²) in [4.78, 5) is 0.467. The van der Waals surface area contributed by atoms with Crippen LogP contribution >= 0.6 is 15.9 Å². The Labute approximate surface area is 130 Å². The molecule has 0 aliphatic heterocycles. The summed E-state index contributed by atoms with van der Waals surface area (Å²) in [6.07, 6.45) is -4.52. The van der Waals surface area contributed by atoms with E-state index in [1.54, 1.807) is 24.3 Å². The van der Waals surface area contributed by atoms with Crippen LogP contribution in [0.1, 0.15) is 11.1 Å². The zero-order chi connectivity index (χ0) is 15.6. The van der Waals surface area contributed by atoms with Crippen LogP contribution in [0.15, 0.2) is 51.8 Å². The van der Waals surface area contributed by atoms with Crippen molar-refractivity contribution in [3.05, 3.63) is 58.1 Å². The van der Waals surface area contributed by atoms with Crippen LogP contribution in [0.3, 0.4) is 0 Å². The minimum atomic E-state index is -4.52. The van der Waals surface area contributed by atoms with Crippen LogP contribution in [-0.2, 0) is 22.7 Å². The van der Waals surface area contributed by atoms with Gasteiger partial charge in [0, 0.05) is 15.1 Å². The molecule has 0 spiro atoms. The van der Waals surface area contributed by atoms with E-state index >= 15 is 0 Å². The number of alkyl halides is 3. The number of anilines is 1. The molecule has 0 aliphatic rings. The van der Waals surface area contributed by atoms with E-state index in [4.69, 9.17) is 5.73 Å². The molecule has 1 unspecified atom stereocenters. The van der Waals surface area contributed by atoms with Crippen LogP contribution in [0.5, 0.6) is 0 Å². The molecule has 0 bridgehead atoms. The van der Waals surface area contributed by atoms with Crippen molar-refractivity contribution in [1.82, 2.24) is 0 Å². The highest BCUT2D eigenvalue weighted by Crippen LogP contribution is 2.34. The van der Waals surface area contributed by atoms with Crippen molar-refractivity contribution in [2.45, 2.75) is 16.8 Å². The molecule has 21 heavy (non-hydrogen) atoms. The average Bonchev–Trinajstić information content (AvgIpc) is 2.39. The molecule has 7 heteroatoms. The fourth-order valence-corrected chi connectivity index (χ4v) is 3.56. The standard InChI is InChI=1S/C14H11BrF3NOS/c15-10-2-1-3-12(6-10)21(20)8-9-4-5-11(19)7-13(9)14(16,17)18/h1-7H,8,19H2. The van der Waals surface area contributed by atoms with Gasteiger partial charge < -0.3 is 5.73 Å². The molecule has 2 rings (SSSR count). The highest BCUT2D eigenvalue weighted by atomic mass is 79.9. The van der Waals surface area contributed by atoms with Gasteiger partial charge in [0.1, 0.15) is 0 Å². The first kappa shape index (κ1) is 16.0. The quantitative estimate of drug-likeness (QED) is 0.807. The van der Waals surface area contributed by atoms with Crippen LogP contribution < -0.4 is 5.73 Å². The van der Waals surface area contributed by atoms with E-state index in [2.05, 4.69) is 15.9 Å². The van der Waals surface area contributed by atoms with Crippen molar-refractivity contribution >= 4 is 32.4 Å². The molecular weight excluding hydrogens is 367 g/mol. The van der Waals surface area contributed by atoms with E-state index in [0.29, 0.717) is 4.90 Å². The number of nitrogen functional groups attached to an aromatic ring is 1. The molecule has 2 nitrogen and oxygen atoms in total. The van der Waals surface area contributed by atoms with Gasteiger partial charge in [-0.15, -0.1) is 0 Å². The molecule has 0 amide bonds. The second-order valence-electron chi connectivity index (χ2n) is 4.36. The monoisotopic (exact) mass is 377 g/mol. The maximum Gasteiger partial charge on any atom is 0.416 e.